The van der Waals surface area contributed by atoms with E-state index in [0.717, 1.165) is 0 Å². The van der Waals surface area contributed by atoms with Crippen LogP contribution in [0.2, 0.25) is 0 Å². The number of hydrogen-bond acceptors (Lipinski definition) is 5. The molecule has 7 nitrogen and oxygen atoms in total. The summed E-state index contributed by atoms with van der Waals surface area (Å²) in [5.74, 6) is -0.391. The van der Waals surface area contributed by atoms with Crippen molar-refractivity contribution < 1.29 is 13.3 Å². The molecule has 0 spiro atoms. The normalized spacial score (nSPS) is 11.7. The summed E-state index contributed by atoms with van der Waals surface area (Å²) in [6.45, 7) is 0.839. The van der Waals surface area contributed by atoms with Crippen molar-refractivity contribution in [1.82, 2.24) is 9.62 Å². The molecule has 0 aliphatic heterocycles. The van der Waals surface area contributed by atoms with Gasteiger partial charge in [-0.2, -0.15) is 0 Å². The molecule has 0 bridgehead atoms. The van der Waals surface area contributed by atoms with E-state index in [2.05, 4.69) is 4.72 Å². The fourth-order valence-electron chi connectivity index (χ4n) is 1.49. The Morgan fingerprint density at radius 2 is 1.95 bits per heavy atom. The maximum atomic E-state index is 11.8. The highest BCUT2D eigenvalue weighted by molar-refractivity contribution is 7.88. The van der Waals surface area contributed by atoms with Crippen molar-refractivity contribution >= 4 is 15.7 Å². The van der Waals surface area contributed by atoms with E-state index in [4.69, 9.17) is 0 Å². The Hall–Kier alpha value is -1.51. The predicted molar refractivity (Wildman–Crippen MR) is 72.3 cm³/mol. The van der Waals surface area contributed by atoms with Crippen LogP contribution >= 0.6 is 0 Å². The Kier molecular flexibility index (Phi) is 5.40. The SMILES string of the molecule is CN(C)CCNS(=O)(=O)Cc1ccccc1[N+](=O)[O-]. The topological polar surface area (TPSA) is 92.6 Å². The number of nitrogens with one attached hydrogen (secondary N) is 1. The summed E-state index contributed by atoms with van der Waals surface area (Å²) in [5, 5.41) is 10.8. The van der Waals surface area contributed by atoms with Crippen LogP contribution in [0.1, 0.15) is 5.56 Å². The van der Waals surface area contributed by atoms with Crippen LogP contribution in [0.25, 0.3) is 0 Å². The first kappa shape index (κ1) is 15.5. The molecular weight excluding hydrogens is 270 g/mol. The molecule has 0 saturated heterocycles. The Morgan fingerprint density at radius 1 is 1.32 bits per heavy atom. The zero-order chi connectivity index (χ0) is 14.5. The first-order valence-corrected chi connectivity index (χ1v) is 7.31. The highest BCUT2D eigenvalue weighted by atomic mass is 32.2. The van der Waals surface area contributed by atoms with Crippen molar-refractivity contribution in [3.63, 3.8) is 0 Å². The van der Waals surface area contributed by atoms with Gasteiger partial charge < -0.3 is 4.90 Å². The van der Waals surface area contributed by atoms with Gasteiger partial charge in [-0.25, -0.2) is 13.1 Å². The van der Waals surface area contributed by atoms with Gasteiger partial charge in [0.05, 0.1) is 10.7 Å². The predicted octanol–water partition coefficient (Wildman–Crippen LogP) is 0.576. The molecule has 0 heterocycles. The van der Waals surface area contributed by atoms with Gasteiger partial charge in [0.15, 0.2) is 0 Å². The second-order valence-electron chi connectivity index (χ2n) is 4.34. The Morgan fingerprint density at radius 3 is 2.53 bits per heavy atom. The second-order valence-corrected chi connectivity index (χ2v) is 6.15. The van der Waals surface area contributed by atoms with E-state index in [0.29, 0.717) is 6.54 Å². The molecule has 0 amide bonds. The maximum Gasteiger partial charge on any atom is 0.273 e. The van der Waals surface area contributed by atoms with Gasteiger partial charge in [0.1, 0.15) is 0 Å². The maximum absolute atomic E-state index is 11.8. The van der Waals surface area contributed by atoms with Gasteiger partial charge >= 0.3 is 0 Å². The number of likely N-dealkylation sites (N-methyl/N-ethyl adjacent to an activating group) is 1. The molecule has 106 valence electrons. The molecule has 0 aromatic heterocycles. The minimum atomic E-state index is -3.57. The lowest BCUT2D eigenvalue weighted by Gasteiger charge is -2.11. The van der Waals surface area contributed by atoms with E-state index in [-0.39, 0.29) is 17.8 Å². The average molecular weight is 287 g/mol. The van der Waals surface area contributed by atoms with Gasteiger partial charge in [0.25, 0.3) is 5.69 Å². The number of hydrogen-bond donors (Lipinski definition) is 1. The highest BCUT2D eigenvalue weighted by Gasteiger charge is 2.19. The Bertz CT molecular complexity index is 543. The van der Waals surface area contributed by atoms with Crippen molar-refractivity contribution in [2.75, 3.05) is 27.2 Å². The molecular formula is C11H17N3O4S. The number of sulfonamides is 1. The summed E-state index contributed by atoms with van der Waals surface area (Å²) < 4.78 is 26.0. The fourth-order valence-corrected chi connectivity index (χ4v) is 2.65. The van der Waals surface area contributed by atoms with Gasteiger partial charge in [-0.3, -0.25) is 10.1 Å². The molecule has 0 aliphatic rings. The zero-order valence-electron chi connectivity index (χ0n) is 10.9. The Balaban J connectivity index is 2.76. The van der Waals surface area contributed by atoms with Crippen LogP contribution < -0.4 is 4.72 Å². The van der Waals surface area contributed by atoms with Crippen molar-refractivity contribution in [2.24, 2.45) is 0 Å². The van der Waals surface area contributed by atoms with E-state index in [1.165, 1.54) is 18.2 Å². The highest BCUT2D eigenvalue weighted by Crippen LogP contribution is 2.19. The van der Waals surface area contributed by atoms with Crippen molar-refractivity contribution in [3.8, 4) is 0 Å². The first-order chi connectivity index (χ1) is 8.82. The lowest BCUT2D eigenvalue weighted by molar-refractivity contribution is -0.385. The molecule has 0 atom stereocenters. The lowest BCUT2D eigenvalue weighted by atomic mass is 10.2. The van der Waals surface area contributed by atoms with Crippen LogP contribution in [0, 0.1) is 10.1 Å². The molecule has 0 saturated carbocycles. The van der Waals surface area contributed by atoms with Gasteiger partial charge in [0.2, 0.25) is 10.0 Å². The minimum Gasteiger partial charge on any atom is -0.308 e. The lowest BCUT2D eigenvalue weighted by Crippen LogP contribution is -2.32. The van der Waals surface area contributed by atoms with Crippen LogP contribution in [-0.4, -0.2) is 45.4 Å². The summed E-state index contributed by atoms with van der Waals surface area (Å²) in [4.78, 5) is 12.1. The number of nitro benzene ring substituents is 1. The van der Waals surface area contributed by atoms with E-state index >= 15 is 0 Å². The molecule has 1 N–H and O–H groups in total. The molecule has 1 aromatic rings. The van der Waals surface area contributed by atoms with Crippen molar-refractivity contribution in [3.05, 3.63) is 39.9 Å². The molecule has 0 fully saturated rings. The monoisotopic (exact) mass is 287 g/mol. The summed E-state index contributed by atoms with van der Waals surface area (Å²) in [5.41, 5.74) is 0.00494. The van der Waals surface area contributed by atoms with E-state index in [1.54, 1.807) is 6.07 Å². The average Bonchev–Trinajstić information content (AvgIpc) is 2.27. The molecule has 0 unspecified atom stereocenters. The largest absolute Gasteiger partial charge is 0.308 e. The summed E-state index contributed by atoms with van der Waals surface area (Å²) in [6.07, 6.45) is 0. The Labute approximate surface area is 112 Å². The molecule has 8 heteroatoms. The van der Waals surface area contributed by atoms with E-state index in [1.807, 2.05) is 19.0 Å². The number of nitro groups is 1. The van der Waals surface area contributed by atoms with Gasteiger partial charge in [-0.05, 0) is 14.1 Å². The van der Waals surface area contributed by atoms with Crippen LogP contribution in [0.5, 0.6) is 0 Å². The number of rotatable bonds is 7. The fraction of sp³-hybridized carbons (Fsp3) is 0.455. The second kappa shape index (κ2) is 6.60. The van der Waals surface area contributed by atoms with Crippen LogP contribution in [-0.2, 0) is 15.8 Å². The third-order valence-corrected chi connectivity index (χ3v) is 3.75. The first-order valence-electron chi connectivity index (χ1n) is 5.66. The molecule has 0 aliphatic carbocycles. The third kappa shape index (κ3) is 5.33. The number of para-hydroxylation sites is 1. The van der Waals surface area contributed by atoms with Crippen LogP contribution in [0.3, 0.4) is 0 Å². The molecule has 19 heavy (non-hydrogen) atoms. The summed E-state index contributed by atoms with van der Waals surface area (Å²) in [7, 11) is 0.0920. The minimum absolute atomic E-state index is 0.180. The van der Waals surface area contributed by atoms with Gasteiger partial charge in [-0.1, -0.05) is 18.2 Å². The number of nitrogens with zero attached hydrogens (tertiary/aromatic N) is 2. The quantitative estimate of drug-likeness (QED) is 0.585. The zero-order valence-corrected chi connectivity index (χ0v) is 11.7. The van der Waals surface area contributed by atoms with Crippen LogP contribution in [0.4, 0.5) is 5.69 Å². The standard InChI is InChI=1S/C11H17N3O4S/c1-13(2)8-7-12-19(17,18)9-10-5-3-4-6-11(10)14(15)16/h3-6,12H,7-9H2,1-2H3. The van der Waals surface area contributed by atoms with Crippen molar-refractivity contribution in [1.29, 1.82) is 0 Å². The van der Waals surface area contributed by atoms with Gasteiger partial charge in [0, 0.05) is 24.7 Å². The summed E-state index contributed by atoms with van der Waals surface area (Å²) in [6, 6.07) is 5.83. The van der Waals surface area contributed by atoms with Crippen LogP contribution in [0.15, 0.2) is 24.3 Å². The molecule has 1 rings (SSSR count). The summed E-state index contributed by atoms with van der Waals surface area (Å²) >= 11 is 0. The van der Waals surface area contributed by atoms with E-state index < -0.39 is 20.7 Å². The molecule has 0 radical (unpaired) electrons. The van der Waals surface area contributed by atoms with Crippen molar-refractivity contribution in [2.45, 2.75) is 5.75 Å². The number of benzene rings is 1. The van der Waals surface area contributed by atoms with Gasteiger partial charge in [-0.15, -0.1) is 0 Å². The van der Waals surface area contributed by atoms with E-state index in [9.17, 15) is 18.5 Å². The third-order valence-electron chi connectivity index (χ3n) is 2.41. The molecule has 1 aromatic carbocycles. The smallest absolute Gasteiger partial charge is 0.273 e.